The molecule has 4 N–H and O–H groups in total. The van der Waals surface area contributed by atoms with Gasteiger partial charge in [-0.25, -0.2) is 4.79 Å². The highest BCUT2D eigenvalue weighted by Gasteiger charge is 2.01. The van der Waals surface area contributed by atoms with Crippen LogP contribution in [-0.4, -0.2) is 25.1 Å². The van der Waals surface area contributed by atoms with Crippen molar-refractivity contribution < 1.29 is 9.53 Å². The smallest absolute Gasteiger partial charge is 0.333 e. The third kappa shape index (κ3) is 5.28. The Morgan fingerprint density at radius 1 is 1.75 bits per heavy atom. The molecule has 0 spiro atoms. The first-order valence-corrected chi connectivity index (χ1v) is 3.44. The number of guanidine groups is 1. The van der Waals surface area contributed by atoms with Crippen LogP contribution in [0.2, 0.25) is 0 Å². The molecule has 0 amide bonds. The summed E-state index contributed by atoms with van der Waals surface area (Å²) in [6.45, 7) is 5.50. The van der Waals surface area contributed by atoms with Gasteiger partial charge in [-0.15, -0.1) is 0 Å². The van der Waals surface area contributed by atoms with Crippen molar-refractivity contribution in [2.24, 2.45) is 5.73 Å². The van der Waals surface area contributed by atoms with Gasteiger partial charge in [-0.1, -0.05) is 6.58 Å². The molecule has 0 aliphatic carbocycles. The fourth-order valence-corrected chi connectivity index (χ4v) is 0.453. The van der Waals surface area contributed by atoms with E-state index in [9.17, 15) is 4.79 Å². The molecule has 0 aliphatic heterocycles. The van der Waals surface area contributed by atoms with Crippen molar-refractivity contribution in [3.8, 4) is 0 Å². The highest BCUT2D eigenvalue weighted by Crippen LogP contribution is 1.90. The Balaban J connectivity index is 3.38. The predicted molar refractivity (Wildman–Crippen MR) is 45.7 cm³/mol. The third-order valence-corrected chi connectivity index (χ3v) is 0.999. The van der Waals surface area contributed by atoms with Crippen molar-refractivity contribution in [2.45, 2.75) is 6.92 Å². The summed E-state index contributed by atoms with van der Waals surface area (Å²) in [6.07, 6.45) is 0. The average Bonchev–Trinajstić information content (AvgIpc) is 1.97. The lowest BCUT2D eigenvalue weighted by Crippen LogP contribution is -2.33. The first-order valence-electron chi connectivity index (χ1n) is 3.44. The lowest BCUT2D eigenvalue weighted by atomic mass is 10.4. The van der Waals surface area contributed by atoms with Gasteiger partial charge in [-0.05, 0) is 6.92 Å². The van der Waals surface area contributed by atoms with Crippen LogP contribution in [0, 0.1) is 5.41 Å². The molecular formula is C7H13N3O2. The molecule has 0 radical (unpaired) electrons. The number of carbonyl (C=O) groups is 1. The molecule has 0 saturated carbocycles. The lowest BCUT2D eigenvalue weighted by Gasteiger charge is -2.04. The fraction of sp³-hybridized carbons (Fsp3) is 0.429. The Morgan fingerprint density at radius 3 is 2.75 bits per heavy atom. The normalized spacial score (nSPS) is 8.75. The quantitative estimate of drug-likeness (QED) is 0.176. The monoisotopic (exact) mass is 171 g/mol. The van der Waals surface area contributed by atoms with E-state index in [1.54, 1.807) is 6.92 Å². The van der Waals surface area contributed by atoms with Crippen molar-refractivity contribution >= 4 is 11.9 Å². The maximum absolute atomic E-state index is 10.8. The van der Waals surface area contributed by atoms with E-state index < -0.39 is 5.97 Å². The Kier molecular flexibility index (Phi) is 4.52. The Morgan fingerprint density at radius 2 is 2.33 bits per heavy atom. The first-order chi connectivity index (χ1) is 5.54. The Bertz CT molecular complexity index is 201. The maximum Gasteiger partial charge on any atom is 0.333 e. The van der Waals surface area contributed by atoms with Gasteiger partial charge in [0.2, 0.25) is 0 Å². The maximum atomic E-state index is 10.8. The summed E-state index contributed by atoms with van der Waals surface area (Å²) < 4.78 is 4.70. The number of nitrogens with two attached hydrogens (primary N) is 1. The van der Waals surface area contributed by atoms with Crippen molar-refractivity contribution in [1.29, 1.82) is 5.41 Å². The standard InChI is InChI=1S/C7H13N3O2/c1-5(2)6(11)12-4-3-10-7(8)9/h1,3-4H2,2H3,(H4,8,9,10). The first kappa shape index (κ1) is 10.5. The van der Waals surface area contributed by atoms with E-state index in [-0.39, 0.29) is 12.6 Å². The van der Waals surface area contributed by atoms with Crippen LogP contribution in [0.4, 0.5) is 0 Å². The Hall–Kier alpha value is -1.52. The second kappa shape index (κ2) is 5.17. The number of ether oxygens (including phenoxy) is 1. The van der Waals surface area contributed by atoms with Crippen LogP contribution in [0.3, 0.4) is 0 Å². The number of hydrogen-bond acceptors (Lipinski definition) is 3. The largest absolute Gasteiger partial charge is 0.460 e. The van der Waals surface area contributed by atoms with E-state index in [1.807, 2.05) is 0 Å². The minimum absolute atomic E-state index is 0.138. The van der Waals surface area contributed by atoms with Gasteiger partial charge in [0.15, 0.2) is 5.96 Å². The predicted octanol–water partition coefficient (Wildman–Crippen LogP) is -0.411. The molecule has 0 aromatic carbocycles. The number of nitrogens with one attached hydrogen (secondary N) is 2. The highest BCUT2D eigenvalue weighted by molar-refractivity contribution is 5.86. The van der Waals surface area contributed by atoms with Gasteiger partial charge in [0.05, 0.1) is 6.54 Å². The van der Waals surface area contributed by atoms with E-state index in [2.05, 4.69) is 11.9 Å². The fourth-order valence-electron chi connectivity index (χ4n) is 0.453. The Labute approximate surface area is 71.1 Å². The molecule has 0 aromatic heterocycles. The van der Waals surface area contributed by atoms with Gasteiger partial charge in [-0.3, -0.25) is 5.41 Å². The second-order valence-electron chi connectivity index (χ2n) is 2.26. The van der Waals surface area contributed by atoms with Gasteiger partial charge in [-0.2, -0.15) is 0 Å². The molecule has 0 unspecified atom stereocenters. The molecule has 0 aliphatic rings. The van der Waals surface area contributed by atoms with Gasteiger partial charge in [0, 0.05) is 5.57 Å². The molecular weight excluding hydrogens is 158 g/mol. The molecule has 0 rings (SSSR count). The SMILES string of the molecule is C=C(C)C(=O)OCCNC(=N)N. The summed E-state index contributed by atoms with van der Waals surface area (Å²) in [5.41, 5.74) is 5.34. The molecule has 68 valence electrons. The van der Waals surface area contributed by atoms with Crippen molar-refractivity contribution in [3.63, 3.8) is 0 Å². The van der Waals surface area contributed by atoms with E-state index >= 15 is 0 Å². The molecule has 0 atom stereocenters. The van der Waals surface area contributed by atoms with Crippen molar-refractivity contribution in [3.05, 3.63) is 12.2 Å². The minimum Gasteiger partial charge on any atom is -0.460 e. The van der Waals surface area contributed by atoms with Gasteiger partial charge >= 0.3 is 5.97 Å². The highest BCUT2D eigenvalue weighted by atomic mass is 16.5. The summed E-state index contributed by atoms with van der Waals surface area (Å²) in [5.74, 6) is -0.568. The van der Waals surface area contributed by atoms with Gasteiger partial charge in [0.1, 0.15) is 6.61 Å². The van der Waals surface area contributed by atoms with Crippen LogP contribution in [0.1, 0.15) is 6.92 Å². The topological polar surface area (TPSA) is 88.2 Å². The van der Waals surface area contributed by atoms with Gasteiger partial charge < -0.3 is 15.8 Å². The number of carbonyl (C=O) groups excluding carboxylic acids is 1. The molecule has 0 heterocycles. The van der Waals surface area contributed by atoms with Crippen molar-refractivity contribution in [2.75, 3.05) is 13.2 Å². The summed E-state index contributed by atoms with van der Waals surface area (Å²) in [6, 6.07) is 0. The zero-order valence-corrected chi connectivity index (χ0v) is 7.02. The molecule has 0 saturated heterocycles. The molecule has 12 heavy (non-hydrogen) atoms. The summed E-state index contributed by atoms with van der Waals surface area (Å²) in [4.78, 5) is 10.8. The van der Waals surface area contributed by atoms with E-state index in [4.69, 9.17) is 15.9 Å². The lowest BCUT2D eigenvalue weighted by molar-refractivity contribution is -0.138. The van der Waals surface area contributed by atoms with Crippen LogP contribution >= 0.6 is 0 Å². The van der Waals surface area contributed by atoms with Crippen LogP contribution in [0.5, 0.6) is 0 Å². The average molecular weight is 171 g/mol. The third-order valence-electron chi connectivity index (χ3n) is 0.999. The summed E-state index contributed by atoms with van der Waals surface area (Å²) >= 11 is 0. The summed E-state index contributed by atoms with van der Waals surface area (Å²) in [7, 11) is 0. The van der Waals surface area contributed by atoms with Crippen LogP contribution in [0.15, 0.2) is 12.2 Å². The van der Waals surface area contributed by atoms with Crippen molar-refractivity contribution in [1.82, 2.24) is 5.32 Å². The van der Waals surface area contributed by atoms with Crippen LogP contribution < -0.4 is 11.1 Å². The number of esters is 1. The van der Waals surface area contributed by atoms with Crippen LogP contribution in [0.25, 0.3) is 0 Å². The molecule has 5 heteroatoms. The molecule has 0 fully saturated rings. The van der Waals surface area contributed by atoms with E-state index in [0.29, 0.717) is 12.1 Å². The molecule has 0 bridgehead atoms. The zero-order chi connectivity index (χ0) is 9.56. The van der Waals surface area contributed by atoms with Crippen LogP contribution in [-0.2, 0) is 9.53 Å². The minimum atomic E-state index is -0.430. The zero-order valence-electron chi connectivity index (χ0n) is 7.02. The van der Waals surface area contributed by atoms with Gasteiger partial charge in [0.25, 0.3) is 0 Å². The number of hydrogen-bond donors (Lipinski definition) is 3. The van der Waals surface area contributed by atoms with E-state index in [0.717, 1.165) is 0 Å². The second-order valence-corrected chi connectivity index (χ2v) is 2.26. The number of rotatable bonds is 4. The molecule has 5 nitrogen and oxygen atoms in total. The summed E-state index contributed by atoms with van der Waals surface area (Å²) in [5, 5.41) is 9.27. The molecule has 0 aromatic rings. The van der Waals surface area contributed by atoms with E-state index in [1.165, 1.54) is 0 Å².